The first-order valence-corrected chi connectivity index (χ1v) is 11.1. The number of sulfonamides is 1. The fourth-order valence-corrected chi connectivity index (χ4v) is 4.61. The van der Waals surface area contributed by atoms with Gasteiger partial charge < -0.3 is 10.1 Å². The van der Waals surface area contributed by atoms with Crippen LogP contribution in [0.1, 0.15) is 32.1 Å². The minimum Gasteiger partial charge on any atom is -0.484 e. The van der Waals surface area contributed by atoms with Crippen molar-refractivity contribution in [2.75, 3.05) is 11.9 Å². The Morgan fingerprint density at radius 2 is 1.71 bits per heavy atom. The lowest BCUT2D eigenvalue weighted by Gasteiger charge is -2.22. The Bertz CT molecular complexity index is 910. The van der Waals surface area contributed by atoms with E-state index in [2.05, 4.69) is 10.0 Å². The van der Waals surface area contributed by atoms with Crippen molar-refractivity contribution in [3.8, 4) is 5.75 Å². The van der Waals surface area contributed by atoms with Crippen LogP contribution in [-0.4, -0.2) is 27.0 Å². The van der Waals surface area contributed by atoms with Crippen molar-refractivity contribution in [2.45, 2.75) is 43.0 Å². The van der Waals surface area contributed by atoms with Crippen molar-refractivity contribution < 1.29 is 17.9 Å². The number of carbonyl (C=O) groups excluding carboxylic acids is 1. The summed E-state index contributed by atoms with van der Waals surface area (Å²) in [5.74, 6) is 0.0506. The fourth-order valence-electron chi connectivity index (χ4n) is 3.12. The Morgan fingerprint density at radius 1 is 1.04 bits per heavy atom. The summed E-state index contributed by atoms with van der Waals surface area (Å²) < 4.78 is 33.2. The molecule has 1 fully saturated rings. The molecule has 150 valence electrons. The van der Waals surface area contributed by atoms with Gasteiger partial charge in [0.1, 0.15) is 5.75 Å². The maximum Gasteiger partial charge on any atom is 0.262 e. The van der Waals surface area contributed by atoms with Crippen LogP contribution in [0, 0.1) is 0 Å². The van der Waals surface area contributed by atoms with Gasteiger partial charge in [-0.2, -0.15) is 0 Å². The highest BCUT2D eigenvalue weighted by atomic mass is 35.5. The number of anilines is 1. The molecule has 0 aromatic heterocycles. The molecule has 0 saturated heterocycles. The van der Waals surface area contributed by atoms with Gasteiger partial charge in [-0.15, -0.1) is 0 Å². The summed E-state index contributed by atoms with van der Waals surface area (Å²) >= 11 is 6.00. The second-order valence-electron chi connectivity index (χ2n) is 6.74. The van der Waals surface area contributed by atoms with E-state index in [1.807, 2.05) is 0 Å². The molecular weight excluding hydrogens is 400 g/mol. The van der Waals surface area contributed by atoms with E-state index in [0.29, 0.717) is 16.5 Å². The minimum absolute atomic E-state index is 0.00295. The largest absolute Gasteiger partial charge is 0.484 e. The molecule has 1 amide bonds. The van der Waals surface area contributed by atoms with E-state index in [0.717, 1.165) is 32.1 Å². The Balaban J connectivity index is 1.53. The first-order valence-electron chi connectivity index (χ1n) is 9.23. The van der Waals surface area contributed by atoms with Crippen molar-refractivity contribution in [2.24, 2.45) is 0 Å². The lowest BCUT2D eigenvalue weighted by Crippen LogP contribution is -2.36. The van der Waals surface area contributed by atoms with Gasteiger partial charge in [-0.3, -0.25) is 4.79 Å². The van der Waals surface area contributed by atoms with Crippen molar-refractivity contribution >= 4 is 33.2 Å². The molecule has 2 N–H and O–H groups in total. The number of halogens is 1. The summed E-state index contributed by atoms with van der Waals surface area (Å²) in [5.41, 5.74) is 0.507. The summed E-state index contributed by atoms with van der Waals surface area (Å²) in [6.07, 6.45) is 5.02. The lowest BCUT2D eigenvalue weighted by atomic mass is 9.96. The molecular formula is C20H23ClN2O4S. The number of hydrogen-bond acceptors (Lipinski definition) is 4. The number of carbonyl (C=O) groups is 1. The summed E-state index contributed by atoms with van der Waals surface area (Å²) in [6, 6.07) is 13.0. The maximum atomic E-state index is 12.5. The van der Waals surface area contributed by atoms with Crippen molar-refractivity contribution in [3.05, 3.63) is 53.6 Å². The van der Waals surface area contributed by atoms with Crippen LogP contribution in [0.25, 0.3) is 0 Å². The van der Waals surface area contributed by atoms with Crippen LogP contribution in [0.5, 0.6) is 5.75 Å². The molecule has 1 aliphatic carbocycles. The predicted octanol–water partition coefficient (Wildman–Crippen LogP) is 3.97. The smallest absolute Gasteiger partial charge is 0.262 e. The van der Waals surface area contributed by atoms with Gasteiger partial charge >= 0.3 is 0 Å². The van der Waals surface area contributed by atoms with Crippen molar-refractivity contribution in [1.82, 2.24) is 4.72 Å². The summed E-state index contributed by atoms with van der Waals surface area (Å²) in [7, 11) is -3.55. The average Bonchev–Trinajstić information content (AvgIpc) is 2.69. The molecule has 1 saturated carbocycles. The number of benzene rings is 2. The standard InChI is InChI=1S/C20H23ClN2O4S/c21-18-8-4-5-9-19(18)22-20(24)14-27-16-10-12-17(13-11-16)28(25,26)23-15-6-2-1-3-7-15/h4-5,8-13,15,23H,1-3,6-7,14H2,(H,22,24). The highest BCUT2D eigenvalue weighted by molar-refractivity contribution is 7.89. The summed E-state index contributed by atoms with van der Waals surface area (Å²) in [4.78, 5) is 12.2. The van der Waals surface area contributed by atoms with Crippen LogP contribution >= 0.6 is 11.6 Å². The van der Waals surface area contributed by atoms with Gasteiger partial charge in [0.05, 0.1) is 15.6 Å². The highest BCUT2D eigenvalue weighted by Crippen LogP contribution is 2.22. The van der Waals surface area contributed by atoms with Crippen LogP contribution in [0.3, 0.4) is 0 Å². The van der Waals surface area contributed by atoms with Gasteiger partial charge in [-0.05, 0) is 49.2 Å². The van der Waals surface area contributed by atoms with Crippen LogP contribution in [0.2, 0.25) is 5.02 Å². The SMILES string of the molecule is O=C(COc1ccc(S(=O)(=O)NC2CCCCC2)cc1)Nc1ccccc1Cl. The van der Waals surface area contributed by atoms with E-state index >= 15 is 0 Å². The van der Waals surface area contributed by atoms with E-state index in [9.17, 15) is 13.2 Å². The summed E-state index contributed by atoms with van der Waals surface area (Å²) in [6.45, 7) is -0.211. The van der Waals surface area contributed by atoms with Gasteiger partial charge in [0.2, 0.25) is 10.0 Å². The van der Waals surface area contributed by atoms with E-state index < -0.39 is 10.0 Å². The number of ether oxygens (including phenoxy) is 1. The van der Waals surface area contributed by atoms with Crippen LogP contribution in [0.4, 0.5) is 5.69 Å². The molecule has 28 heavy (non-hydrogen) atoms. The van der Waals surface area contributed by atoms with Crippen LogP contribution < -0.4 is 14.8 Å². The molecule has 0 radical (unpaired) electrons. The summed E-state index contributed by atoms with van der Waals surface area (Å²) in [5, 5.41) is 3.10. The quantitative estimate of drug-likeness (QED) is 0.707. The molecule has 0 heterocycles. The molecule has 6 nitrogen and oxygen atoms in total. The molecule has 0 spiro atoms. The fraction of sp³-hybridized carbons (Fsp3) is 0.350. The Morgan fingerprint density at radius 3 is 2.39 bits per heavy atom. The van der Waals surface area contributed by atoms with Crippen LogP contribution in [-0.2, 0) is 14.8 Å². The Labute approximate surface area is 170 Å². The van der Waals surface area contributed by atoms with E-state index in [1.54, 1.807) is 24.3 Å². The number of para-hydroxylation sites is 1. The van der Waals surface area contributed by atoms with Gasteiger partial charge in [0, 0.05) is 6.04 Å². The molecule has 1 aliphatic rings. The predicted molar refractivity (Wildman–Crippen MR) is 109 cm³/mol. The zero-order valence-corrected chi connectivity index (χ0v) is 16.9. The second kappa shape index (κ2) is 9.41. The Hall–Kier alpha value is -2.09. The number of rotatable bonds is 7. The van der Waals surface area contributed by atoms with Crippen molar-refractivity contribution in [3.63, 3.8) is 0 Å². The average molecular weight is 423 g/mol. The molecule has 3 rings (SSSR count). The number of amides is 1. The third-order valence-electron chi connectivity index (χ3n) is 4.58. The zero-order valence-electron chi connectivity index (χ0n) is 15.4. The van der Waals surface area contributed by atoms with Gasteiger partial charge in [-0.25, -0.2) is 13.1 Å². The topological polar surface area (TPSA) is 84.5 Å². The van der Waals surface area contributed by atoms with Gasteiger partial charge in [-0.1, -0.05) is 43.0 Å². The van der Waals surface area contributed by atoms with Crippen LogP contribution in [0.15, 0.2) is 53.4 Å². The third-order valence-corrected chi connectivity index (χ3v) is 6.44. The minimum atomic E-state index is -3.55. The third kappa shape index (κ3) is 5.70. The van der Waals surface area contributed by atoms with E-state index in [4.69, 9.17) is 16.3 Å². The lowest BCUT2D eigenvalue weighted by molar-refractivity contribution is -0.118. The normalized spacial score (nSPS) is 15.2. The monoisotopic (exact) mass is 422 g/mol. The molecule has 0 unspecified atom stereocenters. The Kier molecular flexibility index (Phi) is 6.93. The maximum absolute atomic E-state index is 12.5. The molecule has 0 aliphatic heterocycles. The first kappa shape index (κ1) is 20.6. The van der Waals surface area contributed by atoms with E-state index in [1.165, 1.54) is 24.3 Å². The van der Waals surface area contributed by atoms with Gasteiger partial charge in [0.15, 0.2) is 6.61 Å². The highest BCUT2D eigenvalue weighted by Gasteiger charge is 2.21. The molecule has 2 aromatic rings. The van der Waals surface area contributed by atoms with Crippen molar-refractivity contribution in [1.29, 1.82) is 0 Å². The van der Waals surface area contributed by atoms with Gasteiger partial charge in [0.25, 0.3) is 5.91 Å². The number of nitrogens with one attached hydrogen (secondary N) is 2. The molecule has 8 heteroatoms. The zero-order chi connectivity index (χ0) is 20.0. The molecule has 0 bridgehead atoms. The molecule has 2 aromatic carbocycles. The first-order chi connectivity index (χ1) is 13.4. The number of hydrogen-bond donors (Lipinski definition) is 2. The van der Waals surface area contributed by atoms with E-state index in [-0.39, 0.29) is 23.5 Å². The molecule has 0 atom stereocenters. The second-order valence-corrected chi connectivity index (χ2v) is 8.87.